The predicted octanol–water partition coefficient (Wildman–Crippen LogP) is 1.93. The number of phenolic OH excluding ortho intramolecular Hbond substituents is 1. The van der Waals surface area contributed by atoms with Crippen LogP contribution < -0.4 is 5.32 Å². The summed E-state index contributed by atoms with van der Waals surface area (Å²) in [6.45, 7) is 9.74. The number of hydrogen-bond acceptors (Lipinski definition) is 5. The van der Waals surface area contributed by atoms with Crippen molar-refractivity contribution in [1.29, 1.82) is 0 Å². The van der Waals surface area contributed by atoms with Crippen molar-refractivity contribution < 1.29 is 14.6 Å². The third-order valence-corrected chi connectivity index (χ3v) is 3.44. The van der Waals surface area contributed by atoms with Crippen LogP contribution in [0.3, 0.4) is 0 Å². The van der Waals surface area contributed by atoms with Gasteiger partial charge in [-0.1, -0.05) is 32.0 Å². The molecule has 0 saturated heterocycles. The van der Waals surface area contributed by atoms with E-state index in [1.54, 1.807) is 31.2 Å². The number of esters is 1. The van der Waals surface area contributed by atoms with E-state index in [0.29, 0.717) is 18.7 Å². The molecule has 0 heterocycles. The number of nitrogens with zero attached hydrogens (tertiary/aromatic N) is 1. The molecular formula is C16H26N2O3. The Morgan fingerprint density at radius 3 is 2.52 bits per heavy atom. The number of nitrogens with one attached hydrogen (secondary N) is 1. The van der Waals surface area contributed by atoms with E-state index in [1.165, 1.54) is 0 Å². The highest BCUT2D eigenvalue weighted by molar-refractivity contribution is 5.78. The molecule has 0 fully saturated rings. The van der Waals surface area contributed by atoms with Gasteiger partial charge in [-0.05, 0) is 26.1 Å². The summed E-state index contributed by atoms with van der Waals surface area (Å²) in [4.78, 5) is 14.4. The zero-order chi connectivity index (χ0) is 15.7. The van der Waals surface area contributed by atoms with Crippen molar-refractivity contribution in [2.45, 2.75) is 26.8 Å². The monoisotopic (exact) mass is 294 g/mol. The molecule has 2 N–H and O–H groups in total. The molecule has 1 aromatic carbocycles. The van der Waals surface area contributed by atoms with Gasteiger partial charge in [0.25, 0.3) is 0 Å². The molecule has 1 unspecified atom stereocenters. The van der Waals surface area contributed by atoms with Gasteiger partial charge in [0.2, 0.25) is 0 Å². The number of aromatic hydroxyl groups is 1. The number of ether oxygens (including phenoxy) is 1. The van der Waals surface area contributed by atoms with Gasteiger partial charge in [0, 0.05) is 18.7 Å². The van der Waals surface area contributed by atoms with E-state index in [-0.39, 0.29) is 11.7 Å². The molecule has 0 spiro atoms. The van der Waals surface area contributed by atoms with Gasteiger partial charge >= 0.3 is 5.97 Å². The third kappa shape index (κ3) is 5.36. The second-order valence-corrected chi connectivity index (χ2v) is 4.72. The van der Waals surface area contributed by atoms with Gasteiger partial charge in [0.15, 0.2) is 0 Å². The topological polar surface area (TPSA) is 61.8 Å². The minimum atomic E-state index is -0.637. The Hall–Kier alpha value is -1.59. The lowest BCUT2D eigenvalue weighted by atomic mass is 10.1. The van der Waals surface area contributed by atoms with Crippen molar-refractivity contribution in [2.24, 2.45) is 0 Å². The van der Waals surface area contributed by atoms with Crippen LogP contribution in [0.2, 0.25) is 0 Å². The van der Waals surface area contributed by atoms with E-state index in [2.05, 4.69) is 24.1 Å². The zero-order valence-corrected chi connectivity index (χ0v) is 13.1. The zero-order valence-electron chi connectivity index (χ0n) is 13.1. The maximum absolute atomic E-state index is 12.1. The highest BCUT2D eigenvalue weighted by atomic mass is 16.5. The van der Waals surface area contributed by atoms with Crippen molar-refractivity contribution in [3.8, 4) is 5.75 Å². The van der Waals surface area contributed by atoms with Crippen molar-refractivity contribution in [3.63, 3.8) is 0 Å². The second kappa shape index (κ2) is 9.37. The van der Waals surface area contributed by atoms with E-state index in [0.717, 1.165) is 19.6 Å². The Morgan fingerprint density at radius 1 is 1.29 bits per heavy atom. The highest BCUT2D eigenvalue weighted by Gasteiger charge is 2.23. The maximum atomic E-state index is 12.1. The van der Waals surface area contributed by atoms with Crippen molar-refractivity contribution in [3.05, 3.63) is 29.8 Å². The van der Waals surface area contributed by atoms with E-state index in [4.69, 9.17) is 4.74 Å². The molecule has 21 heavy (non-hydrogen) atoms. The van der Waals surface area contributed by atoms with Crippen molar-refractivity contribution in [1.82, 2.24) is 10.2 Å². The quantitative estimate of drug-likeness (QED) is 0.681. The van der Waals surface area contributed by atoms with Gasteiger partial charge in [-0.15, -0.1) is 0 Å². The van der Waals surface area contributed by atoms with Crippen LogP contribution in [0.4, 0.5) is 0 Å². The maximum Gasteiger partial charge on any atom is 0.327 e. The summed E-state index contributed by atoms with van der Waals surface area (Å²) in [7, 11) is 0. The normalized spacial score (nSPS) is 12.4. The number of para-hydroxylation sites is 1. The van der Waals surface area contributed by atoms with Crippen LogP contribution >= 0.6 is 0 Å². The Balaban J connectivity index is 2.74. The molecule has 0 bridgehead atoms. The Bertz CT molecular complexity index is 433. The fourth-order valence-electron chi connectivity index (χ4n) is 2.18. The number of carbonyl (C=O) groups is 1. The van der Waals surface area contributed by atoms with Gasteiger partial charge in [-0.25, -0.2) is 4.79 Å². The average molecular weight is 294 g/mol. The SMILES string of the molecule is CCOC(=O)C(NCCN(CC)CC)c1ccccc1O. The number of rotatable bonds is 9. The van der Waals surface area contributed by atoms with E-state index in [1.807, 2.05) is 0 Å². The number of benzene rings is 1. The van der Waals surface area contributed by atoms with Gasteiger partial charge in [-0.3, -0.25) is 5.32 Å². The molecular weight excluding hydrogens is 268 g/mol. The number of carbonyl (C=O) groups excluding carboxylic acids is 1. The lowest BCUT2D eigenvalue weighted by Gasteiger charge is -2.22. The van der Waals surface area contributed by atoms with Gasteiger partial charge in [0.05, 0.1) is 6.61 Å². The molecule has 118 valence electrons. The summed E-state index contributed by atoms with van der Waals surface area (Å²) in [5.41, 5.74) is 0.551. The summed E-state index contributed by atoms with van der Waals surface area (Å²) >= 11 is 0. The number of phenols is 1. The lowest BCUT2D eigenvalue weighted by Crippen LogP contribution is -2.37. The van der Waals surface area contributed by atoms with E-state index < -0.39 is 6.04 Å². The van der Waals surface area contributed by atoms with Crippen LogP contribution in [0.25, 0.3) is 0 Å². The van der Waals surface area contributed by atoms with E-state index >= 15 is 0 Å². The van der Waals surface area contributed by atoms with E-state index in [9.17, 15) is 9.90 Å². The molecule has 1 rings (SSSR count). The van der Waals surface area contributed by atoms with Gasteiger partial charge < -0.3 is 14.7 Å². The predicted molar refractivity (Wildman–Crippen MR) is 83.3 cm³/mol. The first-order valence-corrected chi connectivity index (χ1v) is 7.54. The molecule has 1 atom stereocenters. The summed E-state index contributed by atoms with van der Waals surface area (Å²) < 4.78 is 5.10. The summed E-state index contributed by atoms with van der Waals surface area (Å²) in [5.74, 6) is -0.260. The number of hydrogen-bond donors (Lipinski definition) is 2. The molecule has 5 nitrogen and oxygen atoms in total. The molecule has 0 saturated carbocycles. The van der Waals surface area contributed by atoms with Crippen LogP contribution in [0.1, 0.15) is 32.4 Å². The average Bonchev–Trinajstić information content (AvgIpc) is 2.49. The summed E-state index contributed by atoms with van der Waals surface area (Å²) in [6, 6.07) is 6.21. The summed E-state index contributed by atoms with van der Waals surface area (Å²) in [6.07, 6.45) is 0. The van der Waals surface area contributed by atoms with Crippen LogP contribution in [0, 0.1) is 0 Å². The first-order chi connectivity index (χ1) is 10.1. The van der Waals surface area contributed by atoms with Gasteiger partial charge in [0.1, 0.15) is 11.8 Å². The fourth-order valence-corrected chi connectivity index (χ4v) is 2.18. The molecule has 0 aliphatic heterocycles. The standard InChI is InChI=1S/C16H26N2O3/c1-4-18(5-2)12-11-17-15(16(20)21-6-3)13-9-7-8-10-14(13)19/h7-10,15,17,19H,4-6,11-12H2,1-3H3. The molecule has 5 heteroatoms. The van der Waals surface area contributed by atoms with Crippen molar-refractivity contribution >= 4 is 5.97 Å². The summed E-state index contributed by atoms with van der Waals surface area (Å²) in [5, 5.41) is 13.1. The highest BCUT2D eigenvalue weighted by Crippen LogP contribution is 2.24. The lowest BCUT2D eigenvalue weighted by molar-refractivity contribution is -0.145. The largest absolute Gasteiger partial charge is 0.508 e. The molecule has 1 aromatic rings. The third-order valence-electron chi connectivity index (χ3n) is 3.44. The number of likely N-dealkylation sites (N-methyl/N-ethyl adjacent to an activating group) is 1. The second-order valence-electron chi connectivity index (χ2n) is 4.72. The first-order valence-electron chi connectivity index (χ1n) is 7.54. The molecule has 0 radical (unpaired) electrons. The minimum Gasteiger partial charge on any atom is -0.508 e. The van der Waals surface area contributed by atoms with Crippen molar-refractivity contribution in [2.75, 3.05) is 32.8 Å². The smallest absolute Gasteiger partial charge is 0.327 e. The minimum absolute atomic E-state index is 0.103. The molecule has 0 aliphatic rings. The van der Waals surface area contributed by atoms with Crippen LogP contribution in [-0.2, 0) is 9.53 Å². The molecule has 0 aromatic heterocycles. The van der Waals surface area contributed by atoms with Crippen LogP contribution in [-0.4, -0.2) is 48.8 Å². The molecule has 0 amide bonds. The molecule has 0 aliphatic carbocycles. The van der Waals surface area contributed by atoms with Gasteiger partial charge in [-0.2, -0.15) is 0 Å². The Kier molecular flexibility index (Phi) is 7.79. The Morgan fingerprint density at radius 2 is 1.95 bits per heavy atom. The first kappa shape index (κ1) is 17.5. The Labute approximate surface area is 126 Å². The van der Waals surface area contributed by atoms with Crippen LogP contribution in [0.15, 0.2) is 24.3 Å². The van der Waals surface area contributed by atoms with Crippen LogP contribution in [0.5, 0.6) is 5.75 Å². The fraction of sp³-hybridized carbons (Fsp3) is 0.562.